The Morgan fingerprint density at radius 2 is 0.957 bits per heavy atom. The fraction of sp³-hybridized carbons (Fsp3) is 0.791. The zero-order valence-corrected chi connectivity index (χ0v) is 31.3. The third-order valence-electron chi connectivity index (χ3n) is 8.67. The summed E-state index contributed by atoms with van der Waals surface area (Å²) < 4.78 is 11.1. The molecule has 0 amide bonds. The number of hydrogen-bond acceptors (Lipinski definition) is 4. The molecule has 0 aliphatic heterocycles. The Labute approximate surface area is 292 Å². The van der Waals surface area contributed by atoms with Crippen LogP contribution in [-0.2, 0) is 14.3 Å². The molecule has 0 aromatic rings. The van der Waals surface area contributed by atoms with E-state index in [9.17, 15) is 9.90 Å². The summed E-state index contributed by atoms with van der Waals surface area (Å²) >= 11 is 0. The highest BCUT2D eigenvalue weighted by Gasteiger charge is 2.13. The van der Waals surface area contributed by atoms with Crippen LogP contribution in [0.4, 0.5) is 0 Å². The van der Waals surface area contributed by atoms with Crippen molar-refractivity contribution in [1.29, 1.82) is 0 Å². The lowest BCUT2D eigenvalue weighted by atomic mass is 10.0. The average Bonchev–Trinajstić information content (AvgIpc) is 3.08. The number of ether oxygens (including phenoxy) is 2. The predicted octanol–water partition coefficient (Wildman–Crippen LogP) is 13.1. The molecular formula is C43H78O4. The fourth-order valence-electron chi connectivity index (χ4n) is 5.67. The summed E-state index contributed by atoms with van der Waals surface area (Å²) in [6.07, 6.45) is 51.6. The first-order valence-corrected chi connectivity index (χ1v) is 20.2. The second-order valence-corrected chi connectivity index (χ2v) is 13.3. The number of unbranched alkanes of at least 4 members (excludes halogenated alkanes) is 21. The van der Waals surface area contributed by atoms with E-state index in [-0.39, 0.29) is 12.6 Å². The van der Waals surface area contributed by atoms with Gasteiger partial charge in [-0.2, -0.15) is 0 Å². The first kappa shape index (κ1) is 45.3. The quantitative estimate of drug-likeness (QED) is 0.0410. The van der Waals surface area contributed by atoms with Crippen LogP contribution in [0.25, 0.3) is 0 Å². The standard InChI is InChI=1S/C43H78O4/c1-3-5-7-9-11-13-15-17-19-21-22-23-24-26-28-30-32-34-36-38-43(45)47-42(40-44)41-46-39-37-35-33-31-29-27-25-20-18-16-14-12-10-8-6-4-2/h5,7,11,13,17,19,22-23,42,44H,3-4,6,8-10,12,14-16,18,20-21,24-41H2,1-2H3/b7-5-,13-11-,19-17-,23-22-. The van der Waals surface area contributed by atoms with Crippen LogP contribution in [0.3, 0.4) is 0 Å². The van der Waals surface area contributed by atoms with Crippen LogP contribution in [0, 0.1) is 0 Å². The molecule has 0 fully saturated rings. The van der Waals surface area contributed by atoms with Gasteiger partial charge in [-0.3, -0.25) is 4.79 Å². The average molecular weight is 659 g/mol. The van der Waals surface area contributed by atoms with Gasteiger partial charge in [0.2, 0.25) is 0 Å². The Bertz CT molecular complexity index is 738. The molecule has 0 radical (unpaired) electrons. The number of allylic oxidation sites excluding steroid dienone is 8. The van der Waals surface area contributed by atoms with E-state index < -0.39 is 6.10 Å². The molecule has 4 heteroatoms. The number of rotatable bonds is 37. The molecule has 0 aromatic carbocycles. The van der Waals surface area contributed by atoms with Crippen LogP contribution in [0.2, 0.25) is 0 Å². The van der Waals surface area contributed by atoms with Crippen molar-refractivity contribution in [2.24, 2.45) is 0 Å². The maximum absolute atomic E-state index is 12.2. The lowest BCUT2D eigenvalue weighted by Crippen LogP contribution is -2.27. The minimum atomic E-state index is -0.540. The highest BCUT2D eigenvalue weighted by molar-refractivity contribution is 5.69. The summed E-state index contributed by atoms with van der Waals surface area (Å²) in [4.78, 5) is 12.2. The maximum atomic E-state index is 12.2. The SMILES string of the molecule is CC/C=C\C/C=C\C/C=C\C/C=C\CCCCCCCCC(=O)OC(CO)COCCCCCCCCCCCCCCCCCC. The first-order valence-electron chi connectivity index (χ1n) is 20.2. The van der Waals surface area contributed by atoms with Crippen molar-refractivity contribution in [2.45, 2.75) is 200 Å². The smallest absolute Gasteiger partial charge is 0.306 e. The lowest BCUT2D eigenvalue weighted by Gasteiger charge is -2.16. The minimum Gasteiger partial charge on any atom is -0.457 e. The third kappa shape index (κ3) is 38.7. The van der Waals surface area contributed by atoms with E-state index in [4.69, 9.17) is 9.47 Å². The Morgan fingerprint density at radius 1 is 0.532 bits per heavy atom. The van der Waals surface area contributed by atoms with E-state index in [0.29, 0.717) is 19.6 Å². The first-order chi connectivity index (χ1) is 23.2. The van der Waals surface area contributed by atoms with E-state index in [2.05, 4.69) is 62.5 Å². The fourth-order valence-corrected chi connectivity index (χ4v) is 5.67. The van der Waals surface area contributed by atoms with E-state index in [1.807, 2.05) is 0 Å². The summed E-state index contributed by atoms with van der Waals surface area (Å²) in [5.41, 5.74) is 0. The third-order valence-corrected chi connectivity index (χ3v) is 8.67. The molecule has 1 unspecified atom stereocenters. The van der Waals surface area contributed by atoms with E-state index in [1.54, 1.807) is 0 Å². The maximum Gasteiger partial charge on any atom is 0.306 e. The van der Waals surface area contributed by atoms with Gasteiger partial charge in [-0.05, 0) is 51.4 Å². The zero-order valence-electron chi connectivity index (χ0n) is 31.3. The van der Waals surface area contributed by atoms with Crippen molar-refractivity contribution in [3.8, 4) is 0 Å². The number of carbonyl (C=O) groups excluding carboxylic acids is 1. The normalized spacial score (nSPS) is 12.8. The van der Waals surface area contributed by atoms with Crippen molar-refractivity contribution in [1.82, 2.24) is 0 Å². The molecule has 1 atom stereocenters. The Morgan fingerprint density at radius 3 is 1.45 bits per heavy atom. The predicted molar refractivity (Wildman–Crippen MR) is 205 cm³/mol. The monoisotopic (exact) mass is 659 g/mol. The molecule has 0 aliphatic carbocycles. The van der Waals surface area contributed by atoms with Crippen molar-refractivity contribution in [3.63, 3.8) is 0 Å². The van der Waals surface area contributed by atoms with Crippen LogP contribution in [0.15, 0.2) is 48.6 Å². The van der Waals surface area contributed by atoms with Crippen LogP contribution < -0.4 is 0 Å². The number of aliphatic hydroxyl groups is 1. The van der Waals surface area contributed by atoms with Gasteiger partial charge in [-0.15, -0.1) is 0 Å². The molecule has 274 valence electrons. The summed E-state index contributed by atoms with van der Waals surface area (Å²) in [6, 6.07) is 0. The van der Waals surface area contributed by atoms with Gasteiger partial charge < -0.3 is 14.6 Å². The molecule has 0 heterocycles. The number of carbonyl (C=O) groups is 1. The Kier molecular flexibility index (Phi) is 39.1. The van der Waals surface area contributed by atoms with Gasteiger partial charge in [0.05, 0.1) is 13.2 Å². The van der Waals surface area contributed by atoms with E-state index >= 15 is 0 Å². The Hall–Kier alpha value is -1.65. The van der Waals surface area contributed by atoms with Crippen molar-refractivity contribution in [3.05, 3.63) is 48.6 Å². The Balaban J connectivity index is 3.46. The van der Waals surface area contributed by atoms with E-state index in [0.717, 1.165) is 57.8 Å². The molecule has 0 rings (SSSR count). The summed E-state index contributed by atoms with van der Waals surface area (Å²) in [7, 11) is 0. The van der Waals surface area contributed by atoms with Gasteiger partial charge >= 0.3 is 5.97 Å². The second-order valence-electron chi connectivity index (χ2n) is 13.3. The largest absolute Gasteiger partial charge is 0.457 e. The van der Waals surface area contributed by atoms with Gasteiger partial charge in [0.25, 0.3) is 0 Å². The van der Waals surface area contributed by atoms with Gasteiger partial charge in [-0.1, -0.05) is 184 Å². The molecule has 1 N–H and O–H groups in total. The van der Waals surface area contributed by atoms with Gasteiger partial charge in [-0.25, -0.2) is 0 Å². The molecule has 0 saturated carbocycles. The lowest BCUT2D eigenvalue weighted by molar-refractivity contribution is -0.154. The molecule has 47 heavy (non-hydrogen) atoms. The van der Waals surface area contributed by atoms with Crippen LogP contribution >= 0.6 is 0 Å². The highest BCUT2D eigenvalue weighted by Crippen LogP contribution is 2.14. The van der Waals surface area contributed by atoms with Crippen molar-refractivity contribution in [2.75, 3.05) is 19.8 Å². The highest BCUT2D eigenvalue weighted by atomic mass is 16.6. The molecule has 0 spiro atoms. The molecule has 0 bridgehead atoms. The number of esters is 1. The van der Waals surface area contributed by atoms with Crippen LogP contribution in [-0.4, -0.2) is 37.0 Å². The summed E-state index contributed by atoms with van der Waals surface area (Å²) in [6.45, 7) is 5.23. The molecule has 0 saturated heterocycles. The van der Waals surface area contributed by atoms with Crippen molar-refractivity contribution < 1.29 is 19.4 Å². The van der Waals surface area contributed by atoms with Crippen molar-refractivity contribution >= 4 is 5.97 Å². The number of aliphatic hydroxyl groups excluding tert-OH is 1. The zero-order chi connectivity index (χ0) is 34.1. The minimum absolute atomic E-state index is 0.177. The molecule has 0 aromatic heterocycles. The second kappa shape index (κ2) is 40.5. The van der Waals surface area contributed by atoms with Gasteiger partial charge in [0.15, 0.2) is 0 Å². The van der Waals surface area contributed by atoms with E-state index in [1.165, 1.54) is 116 Å². The van der Waals surface area contributed by atoms with Gasteiger partial charge in [0.1, 0.15) is 6.10 Å². The van der Waals surface area contributed by atoms with Gasteiger partial charge in [0, 0.05) is 13.0 Å². The molecule has 0 aliphatic rings. The topological polar surface area (TPSA) is 55.8 Å². The summed E-state index contributed by atoms with van der Waals surface area (Å²) in [5.74, 6) is -0.214. The molecule has 4 nitrogen and oxygen atoms in total. The van der Waals surface area contributed by atoms with Crippen LogP contribution in [0.5, 0.6) is 0 Å². The number of hydrogen-bond donors (Lipinski definition) is 1. The summed E-state index contributed by atoms with van der Waals surface area (Å²) in [5, 5.41) is 9.58. The van der Waals surface area contributed by atoms with Crippen LogP contribution in [0.1, 0.15) is 194 Å². The molecular weight excluding hydrogens is 580 g/mol.